The Bertz CT molecular complexity index is 1560. The van der Waals surface area contributed by atoms with Crippen molar-refractivity contribution in [2.75, 3.05) is 5.75 Å². The molecule has 1 atom stereocenters. The van der Waals surface area contributed by atoms with Gasteiger partial charge in [0.25, 0.3) is 0 Å². The van der Waals surface area contributed by atoms with Gasteiger partial charge in [-0.25, -0.2) is 4.79 Å². The lowest BCUT2D eigenvalue weighted by atomic mass is 9.86. The fourth-order valence-electron chi connectivity index (χ4n) is 4.72. The zero-order valence-electron chi connectivity index (χ0n) is 24.1. The van der Waals surface area contributed by atoms with Crippen molar-refractivity contribution in [3.8, 4) is 0 Å². The SMILES string of the molecule is Cc1c(CCC(=O)NC(CSCc2ccccc2)C(=O)NC(C)C)c(=O)oc2cc3occ(C(C)(C)C)c3cc12. The number of benzene rings is 2. The summed E-state index contributed by atoms with van der Waals surface area (Å²) in [4.78, 5) is 38.7. The standard InChI is InChI=1S/C32H38N2O5S/c1-19(2)33-30(36)26(18-40-17-21-10-8-7-9-11-21)34-29(35)13-12-22-20(3)23-14-24-25(32(4,5)6)16-38-27(24)15-28(23)39-31(22)37/h7-11,14-16,19,26H,12-13,17-18H2,1-6H3,(H,33,36)(H,34,35). The normalized spacial score (nSPS) is 12.7. The Kier molecular flexibility index (Phi) is 9.08. The Morgan fingerprint density at radius 3 is 2.40 bits per heavy atom. The number of nitrogens with one attached hydrogen (secondary N) is 2. The number of hydrogen-bond acceptors (Lipinski definition) is 6. The molecule has 0 fully saturated rings. The van der Waals surface area contributed by atoms with Gasteiger partial charge in [0, 0.05) is 51.9 Å². The predicted molar refractivity (Wildman–Crippen MR) is 162 cm³/mol. The summed E-state index contributed by atoms with van der Waals surface area (Å²) in [6, 6.07) is 13.0. The second-order valence-corrected chi connectivity index (χ2v) is 12.6. The Balaban J connectivity index is 1.49. The topological polar surface area (TPSA) is 102 Å². The maximum atomic E-state index is 13.0. The lowest BCUT2D eigenvalue weighted by Gasteiger charge is -2.20. The van der Waals surface area contributed by atoms with E-state index >= 15 is 0 Å². The zero-order chi connectivity index (χ0) is 29.0. The minimum atomic E-state index is -0.678. The van der Waals surface area contributed by atoms with Gasteiger partial charge in [-0.1, -0.05) is 51.1 Å². The van der Waals surface area contributed by atoms with Gasteiger partial charge in [-0.05, 0) is 49.8 Å². The molecular formula is C32H38N2O5S. The Morgan fingerprint density at radius 2 is 1.73 bits per heavy atom. The first kappa shape index (κ1) is 29.5. The van der Waals surface area contributed by atoms with Crippen LogP contribution in [0.15, 0.2) is 62.4 Å². The number of aryl methyl sites for hydroxylation is 1. The average Bonchev–Trinajstić information content (AvgIpc) is 3.31. The number of hydrogen-bond donors (Lipinski definition) is 2. The summed E-state index contributed by atoms with van der Waals surface area (Å²) in [5, 5.41) is 7.58. The molecule has 4 aromatic rings. The predicted octanol–water partition coefficient (Wildman–Crippen LogP) is 6.02. The van der Waals surface area contributed by atoms with Gasteiger partial charge in [-0.3, -0.25) is 9.59 Å². The Labute approximate surface area is 239 Å². The molecule has 2 heterocycles. The van der Waals surface area contributed by atoms with Gasteiger partial charge >= 0.3 is 5.63 Å². The van der Waals surface area contributed by atoms with Crippen LogP contribution in [0.1, 0.15) is 63.3 Å². The van der Waals surface area contributed by atoms with Gasteiger partial charge < -0.3 is 19.5 Å². The summed E-state index contributed by atoms with van der Waals surface area (Å²) in [6.45, 7) is 12.0. The molecule has 0 aliphatic carbocycles. The van der Waals surface area contributed by atoms with E-state index in [0.717, 1.165) is 33.2 Å². The number of carbonyl (C=O) groups excluding carboxylic acids is 2. The molecule has 40 heavy (non-hydrogen) atoms. The van der Waals surface area contributed by atoms with Crippen molar-refractivity contribution >= 4 is 45.5 Å². The molecule has 0 aliphatic heterocycles. The van der Waals surface area contributed by atoms with Crippen LogP contribution in [-0.4, -0.2) is 29.7 Å². The van der Waals surface area contributed by atoms with Crippen LogP contribution in [0.4, 0.5) is 0 Å². The number of amides is 2. The molecule has 8 heteroatoms. The molecule has 212 valence electrons. The van der Waals surface area contributed by atoms with E-state index in [2.05, 4.69) is 31.4 Å². The quantitative estimate of drug-likeness (QED) is 0.229. The molecule has 2 aromatic heterocycles. The van der Waals surface area contributed by atoms with Crippen LogP contribution >= 0.6 is 11.8 Å². The molecule has 0 spiro atoms. The molecule has 2 amide bonds. The van der Waals surface area contributed by atoms with Gasteiger partial charge in [-0.15, -0.1) is 0 Å². The van der Waals surface area contributed by atoms with Crippen molar-refractivity contribution in [1.82, 2.24) is 10.6 Å². The van der Waals surface area contributed by atoms with Crippen molar-refractivity contribution in [2.45, 2.75) is 77.6 Å². The first-order valence-electron chi connectivity index (χ1n) is 13.6. The van der Waals surface area contributed by atoms with Crippen molar-refractivity contribution in [3.63, 3.8) is 0 Å². The van der Waals surface area contributed by atoms with E-state index in [1.54, 1.807) is 24.1 Å². The minimum Gasteiger partial charge on any atom is -0.464 e. The largest absolute Gasteiger partial charge is 0.464 e. The van der Waals surface area contributed by atoms with E-state index in [1.165, 1.54) is 0 Å². The highest BCUT2D eigenvalue weighted by Crippen LogP contribution is 2.35. The van der Waals surface area contributed by atoms with E-state index < -0.39 is 11.7 Å². The van der Waals surface area contributed by atoms with Crippen molar-refractivity contribution in [1.29, 1.82) is 0 Å². The fraction of sp³-hybridized carbons (Fsp3) is 0.406. The molecule has 0 bridgehead atoms. The number of rotatable bonds is 10. The summed E-state index contributed by atoms with van der Waals surface area (Å²) < 4.78 is 11.4. The number of carbonyl (C=O) groups is 2. The van der Waals surface area contributed by atoms with Crippen LogP contribution < -0.4 is 16.3 Å². The van der Waals surface area contributed by atoms with Crippen LogP contribution in [-0.2, 0) is 27.2 Å². The fourth-order valence-corrected chi connectivity index (χ4v) is 5.74. The molecule has 1 unspecified atom stereocenters. The molecule has 2 aromatic carbocycles. The average molecular weight is 563 g/mol. The van der Waals surface area contributed by atoms with E-state index in [-0.39, 0.29) is 36.1 Å². The molecule has 7 nitrogen and oxygen atoms in total. The van der Waals surface area contributed by atoms with Crippen LogP contribution in [0.25, 0.3) is 21.9 Å². The highest BCUT2D eigenvalue weighted by molar-refractivity contribution is 7.98. The monoisotopic (exact) mass is 562 g/mol. The van der Waals surface area contributed by atoms with Gasteiger partial charge in [0.1, 0.15) is 17.2 Å². The maximum absolute atomic E-state index is 13.0. The third kappa shape index (κ3) is 6.97. The van der Waals surface area contributed by atoms with Crippen molar-refractivity contribution < 1.29 is 18.4 Å². The molecule has 0 aliphatic rings. The number of fused-ring (bicyclic) bond motifs is 2. The van der Waals surface area contributed by atoms with Gasteiger partial charge in [0.05, 0.1) is 6.26 Å². The van der Waals surface area contributed by atoms with Crippen LogP contribution in [0, 0.1) is 6.92 Å². The van der Waals surface area contributed by atoms with E-state index in [0.29, 0.717) is 22.5 Å². The third-order valence-corrected chi connectivity index (χ3v) is 7.98. The first-order valence-corrected chi connectivity index (χ1v) is 14.8. The van der Waals surface area contributed by atoms with Gasteiger partial charge in [0.15, 0.2) is 0 Å². The summed E-state index contributed by atoms with van der Waals surface area (Å²) in [5.41, 5.74) is 4.03. The van der Waals surface area contributed by atoms with E-state index in [4.69, 9.17) is 8.83 Å². The van der Waals surface area contributed by atoms with Gasteiger partial charge in [0.2, 0.25) is 11.8 Å². The number of thioether (sulfide) groups is 1. The number of furan rings is 1. The molecule has 0 radical (unpaired) electrons. The molecule has 0 saturated carbocycles. The minimum absolute atomic E-state index is 0.0450. The van der Waals surface area contributed by atoms with Crippen LogP contribution in [0.2, 0.25) is 0 Å². The molecule has 4 rings (SSSR count). The highest BCUT2D eigenvalue weighted by atomic mass is 32.2. The molecule has 2 N–H and O–H groups in total. The van der Waals surface area contributed by atoms with Crippen LogP contribution in [0.3, 0.4) is 0 Å². The Hall–Kier alpha value is -3.52. The summed E-state index contributed by atoms with van der Waals surface area (Å²) in [7, 11) is 0. The Morgan fingerprint density at radius 1 is 1.00 bits per heavy atom. The first-order chi connectivity index (χ1) is 18.9. The van der Waals surface area contributed by atoms with E-state index in [9.17, 15) is 14.4 Å². The molecule has 0 saturated heterocycles. The maximum Gasteiger partial charge on any atom is 0.339 e. The van der Waals surface area contributed by atoms with Crippen molar-refractivity contribution in [2.24, 2.45) is 0 Å². The second kappa shape index (κ2) is 12.3. The zero-order valence-corrected chi connectivity index (χ0v) is 24.9. The summed E-state index contributed by atoms with van der Waals surface area (Å²) in [6.07, 6.45) is 2.03. The summed E-state index contributed by atoms with van der Waals surface area (Å²) in [5.74, 6) is 0.667. The summed E-state index contributed by atoms with van der Waals surface area (Å²) >= 11 is 1.59. The second-order valence-electron chi connectivity index (χ2n) is 11.5. The smallest absolute Gasteiger partial charge is 0.339 e. The van der Waals surface area contributed by atoms with Crippen molar-refractivity contribution in [3.05, 3.63) is 81.4 Å². The van der Waals surface area contributed by atoms with Gasteiger partial charge in [-0.2, -0.15) is 11.8 Å². The lowest BCUT2D eigenvalue weighted by Crippen LogP contribution is -2.50. The lowest BCUT2D eigenvalue weighted by molar-refractivity contribution is -0.128. The van der Waals surface area contributed by atoms with E-state index in [1.807, 2.05) is 57.2 Å². The van der Waals surface area contributed by atoms with Crippen LogP contribution in [0.5, 0.6) is 0 Å². The third-order valence-electron chi connectivity index (χ3n) is 6.87. The molecular weight excluding hydrogens is 524 g/mol. The highest BCUT2D eigenvalue weighted by Gasteiger charge is 2.24.